The van der Waals surface area contributed by atoms with Crippen molar-refractivity contribution in [1.29, 1.82) is 0 Å². The molecule has 0 aliphatic carbocycles. The van der Waals surface area contributed by atoms with Crippen molar-refractivity contribution in [2.75, 3.05) is 16.5 Å². The first-order valence-corrected chi connectivity index (χ1v) is 9.06. The van der Waals surface area contributed by atoms with Crippen molar-refractivity contribution in [3.63, 3.8) is 0 Å². The average Bonchev–Trinajstić information content (AvgIpc) is 2.82. The van der Waals surface area contributed by atoms with E-state index in [1.165, 1.54) is 4.90 Å². The Morgan fingerprint density at radius 3 is 2.62 bits per heavy atom. The Balaban J connectivity index is 1.83. The lowest BCUT2D eigenvalue weighted by Gasteiger charge is -2.18. The van der Waals surface area contributed by atoms with E-state index in [0.29, 0.717) is 5.69 Å². The molecule has 1 aliphatic heterocycles. The summed E-state index contributed by atoms with van der Waals surface area (Å²) in [5.74, 6) is -0.355. The van der Waals surface area contributed by atoms with Gasteiger partial charge in [0.2, 0.25) is 5.91 Å². The number of hydrogen-bond acceptors (Lipinski definition) is 4. The number of nitrogens with one attached hydrogen (secondary N) is 1. The molecule has 2 aromatic carbocycles. The van der Waals surface area contributed by atoms with Gasteiger partial charge in [0, 0.05) is 10.6 Å². The van der Waals surface area contributed by atoms with Crippen molar-refractivity contribution in [1.82, 2.24) is 0 Å². The number of carbonyl (C=O) groups is 2. The lowest BCUT2D eigenvalue weighted by molar-refractivity contribution is -0.121. The maximum absolute atomic E-state index is 12.7. The lowest BCUT2D eigenvalue weighted by atomic mass is 10.1. The number of imide groups is 1. The number of anilines is 2. The number of carbonyl (C=O) groups excluding carboxylic acids is 2. The summed E-state index contributed by atoms with van der Waals surface area (Å²) in [7, 11) is 0. The van der Waals surface area contributed by atoms with Gasteiger partial charge in [0.1, 0.15) is 6.04 Å². The Kier molecular flexibility index (Phi) is 4.62. The fourth-order valence-electron chi connectivity index (χ4n) is 2.97. The number of benzene rings is 2. The second-order valence-corrected chi connectivity index (χ2v) is 6.87. The second kappa shape index (κ2) is 6.69. The predicted octanol–water partition coefficient (Wildman–Crippen LogP) is 3.77. The van der Waals surface area contributed by atoms with Gasteiger partial charge in [0.15, 0.2) is 0 Å². The molecule has 2 aromatic rings. The normalized spacial score (nSPS) is 17.5. The molecule has 4 nitrogen and oxygen atoms in total. The number of thioether (sulfide) groups is 1. The molecule has 0 radical (unpaired) electrons. The van der Waals surface area contributed by atoms with Crippen molar-refractivity contribution in [2.24, 2.45) is 0 Å². The van der Waals surface area contributed by atoms with Gasteiger partial charge in [-0.2, -0.15) is 0 Å². The summed E-state index contributed by atoms with van der Waals surface area (Å²) >= 11 is 1.64. The van der Waals surface area contributed by atoms with Gasteiger partial charge in [-0.1, -0.05) is 23.8 Å². The van der Waals surface area contributed by atoms with Gasteiger partial charge >= 0.3 is 0 Å². The number of hydrogen-bond donors (Lipinski definition) is 1. The first-order chi connectivity index (χ1) is 11.5. The highest BCUT2D eigenvalue weighted by Crippen LogP contribution is 2.29. The van der Waals surface area contributed by atoms with Crippen LogP contribution in [0.3, 0.4) is 0 Å². The third kappa shape index (κ3) is 3.17. The van der Waals surface area contributed by atoms with Crippen LogP contribution in [0.4, 0.5) is 11.4 Å². The third-order valence-corrected chi connectivity index (χ3v) is 4.88. The summed E-state index contributed by atoms with van der Waals surface area (Å²) in [6, 6.07) is 13.1. The van der Waals surface area contributed by atoms with Gasteiger partial charge in [-0.25, -0.2) is 4.90 Å². The van der Waals surface area contributed by atoms with Crippen LogP contribution in [0.5, 0.6) is 0 Å². The van der Waals surface area contributed by atoms with E-state index in [4.69, 9.17) is 0 Å². The first kappa shape index (κ1) is 16.6. The molecule has 0 spiro atoms. The summed E-state index contributed by atoms with van der Waals surface area (Å²) in [5, 5.41) is 3.20. The molecule has 1 N–H and O–H groups in total. The van der Waals surface area contributed by atoms with E-state index in [1.54, 1.807) is 11.8 Å². The smallest absolute Gasteiger partial charge is 0.256 e. The molecule has 24 heavy (non-hydrogen) atoms. The molecular weight excluding hydrogens is 320 g/mol. The lowest BCUT2D eigenvalue weighted by Crippen LogP contribution is -2.35. The molecule has 124 valence electrons. The van der Waals surface area contributed by atoms with E-state index >= 15 is 0 Å². The Bertz CT molecular complexity index is 804. The maximum Gasteiger partial charge on any atom is 0.256 e. The maximum atomic E-state index is 12.7. The van der Waals surface area contributed by atoms with Crippen LogP contribution in [0.2, 0.25) is 0 Å². The molecule has 1 fully saturated rings. The number of aryl methyl sites for hydroxylation is 2. The molecule has 1 atom stereocenters. The monoisotopic (exact) mass is 340 g/mol. The van der Waals surface area contributed by atoms with Crippen molar-refractivity contribution in [3.05, 3.63) is 53.6 Å². The van der Waals surface area contributed by atoms with Crippen LogP contribution in [0.15, 0.2) is 47.4 Å². The van der Waals surface area contributed by atoms with E-state index in [2.05, 4.69) is 5.32 Å². The number of amides is 2. The fraction of sp³-hybridized carbons (Fsp3) is 0.263. The molecule has 0 bridgehead atoms. The minimum Gasteiger partial charge on any atom is -0.373 e. The van der Waals surface area contributed by atoms with Gasteiger partial charge in [-0.3, -0.25) is 9.59 Å². The van der Waals surface area contributed by atoms with E-state index < -0.39 is 6.04 Å². The predicted molar refractivity (Wildman–Crippen MR) is 98.7 cm³/mol. The van der Waals surface area contributed by atoms with Gasteiger partial charge in [-0.15, -0.1) is 11.8 Å². The van der Waals surface area contributed by atoms with Crippen LogP contribution < -0.4 is 10.2 Å². The summed E-state index contributed by atoms with van der Waals surface area (Å²) in [6.07, 6.45) is 2.18. The molecule has 5 heteroatoms. The van der Waals surface area contributed by atoms with Crippen LogP contribution in [-0.2, 0) is 9.59 Å². The second-order valence-electron chi connectivity index (χ2n) is 5.99. The standard InChI is InChI=1S/C19H20N2O2S/c1-12-7-8-17(13(2)9-12)21-18(22)11-16(19(21)23)20-14-5-4-6-15(10-14)24-3/h4-10,16,20H,11H2,1-3H3/t16-/m1/s1. The van der Waals surface area contributed by atoms with E-state index in [0.717, 1.165) is 21.7 Å². The Hall–Kier alpha value is -2.27. The highest BCUT2D eigenvalue weighted by Gasteiger charge is 2.40. The van der Waals surface area contributed by atoms with E-state index in [-0.39, 0.29) is 18.2 Å². The van der Waals surface area contributed by atoms with Crippen molar-refractivity contribution >= 4 is 35.0 Å². The van der Waals surface area contributed by atoms with Gasteiger partial charge in [0.05, 0.1) is 12.1 Å². The molecule has 1 heterocycles. The molecular formula is C19H20N2O2S. The van der Waals surface area contributed by atoms with Crippen LogP contribution in [0, 0.1) is 13.8 Å². The molecule has 3 rings (SSSR count). The Morgan fingerprint density at radius 1 is 1.12 bits per heavy atom. The van der Waals surface area contributed by atoms with Crippen LogP contribution in [0.1, 0.15) is 17.5 Å². The fourth-order valence-corrected chi connectivity index (χ4v) is 3.43. The van der Waals surface area contributed by atoms with Gasteiger partial charge in [-0.05, 0) is 49.9 Å². The van der Waals surface area contributed by atoms with Gasteiger partial charge in [0.25, 0.3) is 5.91 Å². The van der Waals surface area contributed by atoms with Crippen LogP contribution >= 0.6 is 11.8 Å². The highest BCUT2D eigenvalue weighted by atomic mass is 32.2. The zero-order valence-electron chi connectivity index (χ0n) is 14.0. The SMILES string of the molecule is CSc1cccc(N[C@@H]2CC(=O)N(c3ccc(C)cc3C)C2=O)c1. The summed E-state index contributed by atoms with van der Waals surface area (Å²) < 4.78 is 0. The minimum atomic E-state index is -0.518. The number of rotatable bonds is 4. The van der Waals surface area contributed by atoms with E-state index in [9.17, 15) is 9.59 Å². The quantitative estimate of drug-likeness (QED) is 0.680. The molecule has 1 saturated heterocycles. The van der Waals surface area contributed by atoms with Crippen molar-refractivity contribution < 1.29 is 9.59 Å². The summed E-state index contributed by atoms with van der Waals surface area (Å²) in [5.41, 5.74) is 3.58. The van der Waals surface area contributed by atoms with E-state index in [1.807, 2.05) is 62.6 Å². The topological polar surface area (TPSA) is 49.4 Å². The first-order valence-electron chi connectivity index (χ1n) is 7.84. The molecule has 1 aliphatic rings. The van der Waals surface area contributed by atoms with Crippen LogP contribution in [0.25, 0.3) is 0 Å². The largest absolute Gasteiger partial charge is 0.373 e. The van der Waals surface area contributed by atoms with Gasteiger partial charge < -0.3 is 5.32 Å². The zero-order chi connectivity index (χ0) is 17.3. The van der Waals surface area contributed by atoms with Crippen LogP contribution in [-0.4, -0.2) is 24.1 Å². The van der Waals surface area contributed by atoms with Crippen molar-refractivity contribution in [3.8, 4) is 0 Å². The molecule has 0 unspecified atom stereocenters. The Morgan fingerprint density at radius 2 is 1.92 bits per heavy atom. The number of nitrogens with zero attached hydrogens (tertiary/aromatic N) is 1. The molecule has 2 amide bonds. The Labute approximate surface area is 146 Å². The zero-order valence-corrected chi connectivity index (χ0v) is 14.8. The average molecular weight is 340 g/mol. The summed E-state index contributed by atoms with van der Waals surface area (Å²) in [4.78, 5) is 27.6. The summed E-state index contributed by atoms with van der Waals surface area (Å²) in [6.45, 7) is 3.92. The minimum absolute atomic E-state index is 0.162. The molecule has 0 saturated carbocycles. The molecule has 0 aromatic heterocycles. The highest BCUT2D eigenvalue weighted by molar-refractivity contribution is 7.98. The third-order valence-electron chi connectivity index (χ3n) is 4.15. The van der Waals surface area contributed by atoms with Crippen molar-refractivity contribution in [2.45, 2.75) is 31.2 Å².